The van der Waals surface area contributed by atoms with Crippen LogP contribution in [-0.2, 0) is 25.9 Å². The number of nitrogens with zero attached hydrogens (tertiary/aromatic N) is 2. The van der Waals surface area contributed by atoms with Gasteiger partial charge in [-0.05, 0) is 31.0 Å². The Morgan fingerprint density at radius 3 is 2.48 bits per heavy atom. The number of ether oxygens (including phenoxy) is 1. The summed E-state index contributed by atoms with van der Waals surface area (Å²) in [4.78, 5) is 4.65. The number of aromatic nitrogens is 1. The first kappa shape index (κ1) is 18.8. The van der Waals surface area contributed by atoms with E-state index < -0.39 is 0 Å². The largest absolute Gasteiger partial charge is 0.497 e. The molecule has 6 nitrogen and oxygen atoms in total. The number of hydrogen-bond acceptors (Lipinski definition) is 4. The standard InChI is InChI=1S/C19H28N4O2/c1-5-17-16(18(6-2)25-23-17)13-22-19(20-7-3)21-12-14-8-10-15(24-4)11-9-14/h8-11H,5-7,12-13H2,1-4H3,(H2,20,21,22). The molecule has 0 saturated heterocycles. The molecule has 0 aliphatic rings. The van der Waals surface area contributed by atoms with Crippen molar-refractivity contribution in [1.29, 1.82) is 0 Å². The molecular formula is C19H28N4O2. The van der Waals surface area contributed by atoms with Gasteiger partial charge in [0.25, 0.3) is 0 Å². The molecular weight excluding hydrogens is 316 g/mol. The summed E-state index contributed by atoms with van der Waals surface area (Å²) in [5.41, 5.74) is 3.28. The van der Waals surface area contributed by atoms with E-state index in [1.54, 1.807) is 7.11 Å². The molecule has 0 bridgehead atoms. The fourth-order valence-electron chi connectivity index (χ4n) is 2.55. The van der Waals surface area contributed by atoms with Crippen LogP contribution in [0.4, 0.5) is 0 Å². The maximum atomic E-state index is 5.42. The smallest absolute Gasteiger partial charge is 0.191 e. The molecule has 0 aliphatic heterocycles. The zero-order valence-electron chi connectivity index (χ0n) is 15.6. The number of methoxy groups -OCH3 is 1. The van der Waals surface area contributed by atoms with Crippen LogP contribution < -0.4 is 15.4 Å². The molecule has 2 rings (SSSR count). The highest BCUT2D eigenvalue weighted by atomic mass is 16.5. The van der Waals surface area contributed by atoms with Crippen molar-refractivity contribution >= 4 is 5.96 Å². The predicted octanol–water partition coefficient (Wildman–Crippen LogP) is 3.06. The van der Waals surface area contributed by atoms with E-state index in [4.69, 9.17) is 9.26 Å². The average Bonchev–Trinajstić information content (AvgIpc) is 3.06. The molecule has 0 amide bonds. The lowest BCUT2D eigenvalue weighted by atomic mass is 10.1. The van der Waals surface area contributed by atoms with Gasteiger partial charge in [-0.3, -0.25) is 0 Å². The second-order valence-electron chi connectivity index (χ2n) is 5.63. The number of hydrogen-bond donors (Lipinski definition) is 2. The fraction of sp³-hybridized carbons (Fsp3) is 0.474. The molecule has 25 heavy (non-hydrogen) atoms. The van der Waals surface area contributed by atoms with Gasteiger partial charge in [-0.25, -0.2) is 4.99 Å². The zero-order chi connectivity index (χ0) is 18.1. The Bertz CT molecular complexity index is 656. The Morgan fingerprint density at radius 1 is 1.12 bits per heavy atom. The number of nitrogens with one attached hydrogen (secondary N) is 2. The highest BCUT2D eigenvalue weighted by molar-refractivity contribution is 5.79. The third-order valence-corrected chi connectivity index (χ3v) is 3.96. The topological polar surface area (TPSA) is 71.7 Å². The summed E-state index contributed by atoms with van der Waals surface area (Å²) in [7, 11) is 1.67. The second kappa shape index (κ2) is 9.71. The van der Waals surface area contributed by atoms with Gasteiger partial charge in [0.2, 0.25) is 0 Å². The van der Waals surface area contributed by atoms with Crippen LogP contribution in [0.2, 0.25) is 0 Å². The summed E-state index contributed by atoms with van der Waals surface area (Å²) in [6.07, 6.45) is 1.70. The molecule has 136 valence electrons. The lowest BCUT2D eigenvalue weighted by Gasteiger charge is -2.12. The molecule has 0 unspecified atom stereocenters. The SMILES string of the molecule is CCNC(=NCc1ccc(OC)cc1)NCc1c(CC)noc1CC. The van der Waals surface area contributed by atoms with E-state index in [9.17, 15) is 0 Å². The number of aryl methyl sites for hydroxylation is 2. The monoisotopic (exact) mass is 344 g/mol. The summed E-state index contributed by atoms with van der Waals surface area (Å²) in [6.45, 7) is 8.28. The summed E-state index contributed by atoms with van der Waals surface area (Å²) in [5, 5.41) is 10.8. The van der Waals surface area contributed by atoms with Crippen molar-refractivity contribution in [1.82, 2.24) is 15.8 Å². The van der Waals surface area contributed by atoms with Crippen molar-refractivity contribution in [2.45, 2.75) is 46.7 Å². The van der Waals surface area contributed by atoms with Crippen molar-refractivity contribution in [2.75, 3.05) is 13.7 Å². The Balaban J connectivity index is 2.03. The first-order chi connectivity index (χ1) is 12.2. The van der Waals surface area contributed by atoms with Crippen LogP contribution in [0.5, 0.6) is 5.75 Å². The van der Waals surface area contributed by atoms with Crippen LogP contribution >= 0.6 is 0 Å². The van der Waals surface area contributed by atoms with Gasteiger partial charge in [0.1, 0.15) is 11.5 Å². The highest BCUT2D eigenvalue weighted by Gasteiger charge is 2.13. The van der Waals surface area contributed by atoms with Gasteiger partial charge >= 0.3 is 0 Å². The number of aliphatic imine (C=N–C) groups is 1. The number of rotatable bonds is 8. The zero-order valence-corrected chi connectivity index (χ0v) is 15.6. The molecule has 0 fully saturated rings. The van der Waals surface area contributed by atoms with Crippen LogP contribution in [-0.4, -0.2) is 24.8 Å². The van der Waals surface area contributed by atoms with Gasteiger partial charge < -0.3 is 19.9 Å². The second-order valence-corrected chi connectivity index (χ2v) is 5.63. The molecule has 0 spiro atoms. The first-order valence-electron chi connectivity index (χ1n) is 8.83. The quantitative estimate of drug-likeness (QED) is 0.569. The van der Waals surface area contributed by atoms with E-state index in [0.717, 1.165) is 53.7 Å². The molecule has 0 radical (unpaired) electrons. The van der Waals surface area contributed by atoms with Gasteiger partial charge in [-0.1, -0.05) is 31.1 Å². The van der Waals surface area contributed by atoms with Crippen LogP contribution in [0.25, 0.3) is 0 Å². The molecule has 1 heterocycles. The molecule has 2 aromatic rings. The van der Waals surface area contributed by atoms with E-state index in [2.05, 4.69) is 41.6 Å². The summed E-state index contributed by atoms with van der Waals surface area (Å²) < 4.78 is 10.6. The van der Waals surface area contributed by atoms with Crippen molar-refractivity contribution in [3.63, 3.8) is 0 Å². The summed E-state index contributed by atoms with van der Waals surface area (Å²) in [6, 6.07) is 7.94. The lowest BCUT2D eigenvalue weighted by molar-refractivity contribution is 0.380. The molecule has 6 heteroatoms. The van der Waals surface area contributed by atoms with Gasteiger partial charge in [-0.2, -0.15) is 0 Å². The maximum absolute atomic E-state index is 5.42. The Morgan fingerprint density at radius 2 is 1.88 bits per heavy atom. The lowest BCUT2D eigenvalue weighted by Crippen LogP contribution is -2.37. The highest BCUT2D eigenvalue weighted by Crippen LogP contribution is 2.15. The number of benzene rings is 1. The van der Waals surface area contributed by atoms with Crippen LogP contribution in [0.3, 0.4) is 0 Å². The molecule has 1 aromatic carbocycles. The fourth-order valence-corrected chi connectivity index (χ4v) is 2.55. The molecule has 0 atom stereocenters. The average molecular weight is 344 g/mol. The van der Waals surface area contributed by atoms with Crippen LogP contribution in [0, 0.1) is 0 Å². The van der Waals surface area contributed by atoms with Gasteiger partial charge in [0.05, 0.1) is 19.3 Å². The van der Waals surface area contributed by atoms with E-state index >= 15 is 0 Å². The molecule has 1 aromatic heterocycles. The Labute approximate surface area is 149 Å². The van der Waals surface area contributed by atoms with E-state index in [1.807, 2.05) is 24.3 Å². The molecule has 0 saturated carbocycles. The Hall–Kier alpha value is -2.50. The maximum Gasteiger partial charge on any atom is 0.191 e. The van der Waals surface area contributed by atoms with E-state index in [1.165, 1.54) is 0 Å². The Kier molecular flexibility index (Phi) is 7.32. The number of guanidine groups is 1. The summed E-state index contributed by atoms with van der Waals surface area (Å²) >= 11 is 0. The van der Waals surface area contributed by atoms with E-state index in [0.29, 0.717) is 13.1 Å². The molecule has 0 aliphatic carbocycles. The molecule has 2 N–H and O–H groups in total. The van der Waals surface area contributed by atoms with Crippen molar-refractivity contribution in [3.05, 3.63) is 46.8 Å². The first-order valence-corrected chi connectivity index (χ1v) is 8.83. The van der Waals surface area contributed by atoms with Crippen LogP contribution in [0.15, 0.2) is 33.8 Å². The predicted molar refractivity (Wildman–Crippen MR) is 99.9 cm³/mol. The van der Waals surface area contributed by atoms with Crippen molar-refractivity contribution in [3.8, 4) is 5.75 Å². The minimum Gasteiger partial charge on any atom is -0.497 e. The van der Waals surface area contributed by atoms with Crippen molar-refractivity contribution in [2.24, 2.45) is 4.99 Å². The van der Waals surface area contributed by atoms with Gasteiger partial charge in [0, 0.05) is 25.1 Å². The third kappa shape index (κ3) is 5.24. The third-order valence-electron chi connectivity index (χ3n) is 3.96. The minimum atomic E-state index is 0.601. The van der Waals surface area contributed by atoms with Crippen molar-refractivity contribution < 1.29 is 9.26 Å². The van der Waals surface area contributed by atoms with Gasteiger partial charge in [-0.15, -0.1) is 0 Å². The van der Waals surface area contributed by atoms with Crippen LogP contribution in [0.1, 0.15) is 43.4 Å². The van der Waals surface area contributed by atoms with E-state index in [-0.39, 0.29) is 0 Å². The van der Waals surface area contributed by atoms with Gasteiger partial charge in [0.15, 0.2) is 5.96 Å². The minimum absolute atomic E-state index is 0.601. The summed E-state index contributed by atoms with van der Waals surface area (Å²) in [5.74, 6) is 2.57. The normalized spacial score (nSPS) is 11.4.